The highest BCUT2D eigenvalue weighted by Crippen LogP contribution is 2.28. The lowest BCUT2D eigenvalue weighted by Crippen LogP contribution is -2.19. The summed E-state index contributed by atoms with van der Waals surface area (Å²) >= 11 is 0. The maximum atomic E-state index is 6.16. The second-order valence-corrected chi connectivity index (χ2v) is 5.64. The molecule has 1 aromatic rings. The minimum Gasteiger partial charge on any atom is -0.497 e. The molecule has 3 nitrogen and oxygen atoms in total. The Hall–Kier alpha value is -1.48. The third-order valence-electron chi connectivity index (χ3n) is 3.91. The second-order valence-electron chi connectivity index (χ2n) is 5.64. The van der Waals surface area contributed by atoms with Gasteiger partial charge in [0, 0.05) is 18.2 Å². The van der Waals surface area contributed by atoms with Gasteiger partial charge in [-0.05, 0) is 56.4 Å². The maximum Gasteiger partial charge on any atom is 0.124 e. The standard InChI is InChI=1S/C17H23NO2/c1-19-16-9-10-17(20-15-5-3-2-4-6-15)13(11-16)12-18-14-7-8-14/h3,5,9-11,14-15,18H,2,4,6-8,12H2,1H3. The van der Waals surface area contributed by atoms with Crippen LogP contribution in [0.1, 0.15) is 37.7 Å². The summed E-state index contributed by atoms with van der Waals surface area (Å²) in [5, 5.41) is 3.55. The fourth-order valence-corrected chi connectivity index (χ4v) is 2.52. The van der Waals surface area contributed by atoms with Crippen LogP contribution in [0.2, 0.25) is 0 Å². The molecule has 2 aliphatic rings. The van der Waals surface area contributed by atoms with E-state index in [2.05, 4.69) is 23.5 Å². The van der Waals surface area contributed by atoms with E-state index in [4.69, 9.17) is 9.47 Å². The molecule has 0 saturated heterocycles. The number of ether oxygens (including phenoxy) is 2. The summed E-state index contributed by atoms with van der Waals surface area (Å²) in [4.78, 5) is 0. The van der Waals surface area contributed by atoms with Crippen LogP contribution in [-0.4, -0.2) is 19.3 Å². The van der Waals surface area contributed by atoms with Gasteiger partial charge in [0.05, 0.1) is 7.11 Å². The Morgan fingerprint density at radius 2 is 2.15 bits per heavy atom. The van der Waals surface area contributed by atoms with E-state index in [0.717, 1.165) is 24.5 Å². The van der Waals surface area contributed by atoms with Gasteiger partial charge in [-0.15, -0.1) is 0 Å². The Morgan fingerprint density at radius 1 is 1.25 bits per heavy atom. The van der Waals surface area contributed by atoms with Crippen molar-refractivity contribution >= 4 is 0 Å². The predicted molar refractivity (Wildman–Crippen MR) is 80.3 cm³/mol. The van der Waals surface area contributed by atoms with Gasteiger partial charge in [-0.2, -0.15) is 0 Å². The minimum absolute atomic E-state index is 0.219. The van der Waals surface area contributed by atoms with Gasteiger partial charge in [0.15, 0.2) is 0 Å². The summed E-state index contributed by atoms with van der Waals surface area (Å²) in [7, 11) is 1.71. The summed E-state index contributed by atoms with van der Waals surface area (Å²) in [5.74, 6) is 1.87. The molecule has 0 radical (unpaired) electrons. The van der Waals surface area contributed by atoms with Gasteiger partial charge in [0.2, 0.25) is 0 Å². The first kappa shape index (κ1) is 13.5. The van der Waals surface area contributed by atoms with Crippen LogP contribution in [-0.2, 0) is 6.54 Å². The summed E-state index contributed by atoms with van der Waals surface area (Å²) in [6, 6.07) is 6.79. The lowest BCUT2D eigenvalue weighted by molar-refractivity contribution is 0.227. The van der Waals surface area contributed by atoms with Crippen molar-refractivity contribution in [2.45, 2.75) is 50.8 Å². The van der Waals surface area contributed by atoms with Crippen molar-refractivity contribution in [3.05, 3.63) is 35.9 Å². The molecule has 108 valence electrons. The Labute approximate surface area is 121 Å². The Morgan fingerprint density at radius 3 is 2.85 bits per heavy atom. The highest BCUT2D eigenvalue weighted by atomic mass is 16.5. The van der Waals surface area contributed by atoms with Crippen LogP contribution in [0.25, 0.3) is 0 Å². The van der Waals surface area contributed by atoms with Gasteiger partial charge in [-0.1, -0.05) is 6.08 Å². The average molecular weight is 273 g/mol. The Balaban J connectivity index is 1.72. The summed E-state index contributed by atoms with van der Waals surface area (Å²) in [6.07, 6.45) is 10.7. The van der Waals surface area contributed by atoms with Crippen molar-refractivity contribution in [2.24, 2.45) is 0 Å². The number of methoxy groups -OCH3 is 1. The number of nitrogens with one attached hydrogen (secondary N) is 1. The summed E-state index contributed by atoms with van der Waals surface area (Å²) < 4.78 is 11.5. The van der Waals surface area contributed by atoms with Gasteiger partial charge in [-0.3, -0.25) is 0 Å². The van der Waals surface area contributed by atoms with E-state index in [-0.39, 0.29) is 6.10 Å². The Bertz CT molecular complexity index is 480. The van der Waals surface area contributed by atoms with Crippen molar-refractivity contribution in [1.29, 1.82) is 0 Å². The van der Waals surface area contributed by atoms with Crippen LogP contribution in [0, 0.1) is 0 Å². The molecular weight excluding hydrogens is 250 g/mol. The monoisotopic (exact) mass is 273 g/mol. The topological polar surface area (TPSA) is 30.5 Å². The quantitative estimate of drug-likeness (QED) is 0.805. The summed E-state index contributed by atoms with van der Waals surface area (Å²) in [5.41, 5.74) is 1.19. The fraction of sp³-hybridized carbons (Fsp3) is 0.529. The molecule has 1 fully saturated rings. The fourth-order valence-electron chi connectivity index (χ4n) is 2.52. The highest BCUT2D eigenvalue weighted by molar-refractivity contribution is 5.40. The zero-order chi connectivity index (χ0) is 13.8. The number of benzene rings is 1. The van der Waals surface area contributed by atoms with Gasteiger partial charge in [-0.25, -0.2) is 0 Å². The summed E-state index contributed by atoms with van der Waals surface area (Å²) in [6.45, 7) is 0.855. The molecule has 1 N–H and O–H groups in total. The first-order valence-electron chi connectivity index (χ1n) is 7.59. The van der Waals surface area contributed by atoms with E-state index >= 15 is 0 Å². The smallest absolute Gasteiger partial charge is 0.124 e. The van der Waals surface area contributed by atoms with Crippen LogP contribution >= 0.6 is 0 Å². The molecule has 3 rings (SSSR count). The van der Waals surface area contributed by atoms with Gasteiger partial charge >= 0.3 is 0 Å². The molecule has 1 unspecified atom stereocenters. The van der Waals surface area contributed by atoms with Crippen LogP contribution in [0.3, 0.4) is 0 Å². The van der Waals surface area contributed by atoms with Crippen molar-refractivity contribution in [3.8, 4) is 11.5 Å². The third-order valence-corrected chi connectivity index (χ3v) is 3.91. The zero-order valence-corrected chi connectivity index (χ0v) is 12.1. The van der Waals surface area contributed by atoms with Gasteiger partial charge in [0.1, 0.15) is 17.6 Å². The molecule has 0 amide bonds. The van der Waals surface area contributed by atoms with Gasteiger partial charge < -0.3 is 14.8 Å². The maximum absolute atomic E-state index is 6.16. The molecule has 0 aromatic heterocycles. The number of allylic oxidation sites excluding steroid dienone is 1. The molecule has 0 spiro atoms. The number of rotatable bonds is 6. The first-order chi connectivity index (χ1) is 9.85. The lowest BCUT2D eigenvalue weighted by Gasteiger charge is -2.21. The molecule has 1 aromatic carbocycles. The highest BCUT2D eigenvalue weighted by Gasteiger charge is 2.21. The largest absolute Gasteiger partial charge is 0.497 e. The van der Waals surface area contributed by atoms with Crippen LogP contribution in [0.5, 0.6) is 11.5 Å². The van der Waals surface area contributed by atoms with Crippen molar-refractivity contribution in [2.75, 3.05) is 7.11 Å². The predicted octanol–water partition coefficient (Wildman–Crippen LogP) is 3.43. The molecule has 3 heteroatoms. The van der Waals surface area contributed by atoms with Crippen molar-refractivity contribution in [3.63, 3.8) is 0 Å². The molecule has 0 bridgehead atoms. The van der Waals surface area contributed by atoms with Crippen LogP contribution < -0.4 is 14.8 Å². The molecule has 0 heterocycles. The van der Waals surface area contributed by atoms with Crippen LogP contribution in [0.15, 0.2) is 30.4 Å². The normalized spacial score (nSPS) is 21.8. The molecule has 2 aliphatic carbocycles. The van der Waals surface area contributed by atoms with Crippen molar-refractivity contribution < 1.29 is 9.47 Å². The molecular formula is C17H23NO2. The molecule has 20 heavy (non-hydrogen) atoms. The molecule has 1 atom stereocenters. The van der Waals surface area contributed by atoms with E-state index in [1.165, 1.54) is 31.2 Å². The molecule has 1 saturated carbocycles. The van der Waals surface area contributed by atoms with Crippen LogP contribution in [0.4, 0.5) is 0 Å². The minimum atomic E-state index is 0.219. The van der Waals surface area contributed by atoms with E-state index < -0.39 is 0 Å². The van der Waals surface area contributed by atoms with E-state index in [1.807, 2.05) is 12.1 Å². The SMILES string of the molecule is COc1ccc(OC2C=CCCC2)c(CNC2CC2)c1. The van der Waals surface area contributed by atoms with E-state index in [0.29, 0.717) is 6.04 Å². The molecule has 0 aliphatic heterocycles. The number of hydrogen-bond donors (Lipinski definition) is 1. The zero-order valence-electron chi connectivity index (χ0n) is 12.1. The number of hydrogen-bond acceptors (Lipinski definition) is 3. The van der Waals surface area contributed by atoms with Crippen molar-refractivity contribution in [1.82, 2.24) is 5.32 Å². The third kappa shape index (κ3) is 3.54. The first-order valence-corrected chi connectivity index (χ1v) is 7.59. The van der Waals surface area contributed by atoms with E-state index in [9.17, 15) is 0 Å². The van der Waals surface area contributed by atoms with E-state index in [1.54, 1.807) is 7.11 Å². The Kier molecular flexibility index (Phi) is 4.26. The second kappa shape index (κ2) is 6.31. The lowest BCUT2D eigenvalue weighted by atomic mass is 10.1. The average Bonchev–Trinajstić information content (AvgIpc) is 3.31. The van der Waals surface area contributed by atoms with Gasteiger partial charge in [0.25, 0.3) is 0 Å².